The van der Waals surface area contributed by atoms with E-state index in [9.17, 15) is 0 Å². The lowest BCUT2D eigenvalue weighted by molar-refractivity contribution is 1.41. The predicted octanol–water partition coefficient (Wildman–Crippen LogP) is 1.01. The van der Waals surface area contributed by atoms with Crippen LogP contribution in [-0.2, 0) is 0 Å². The summed E-state index contributed by atoms with van der Waals surface area (Å²) in [6.45, 7) is 0. The first-order chi connectivity index (χ1) is 3.43. The van der Waals surface area contributed by atoms with Gasteiger partial charge in [0.25, 0.3) is 0 Å². The Kier molecular flexibility index (Phi) is 0.941. The molecule has 0 unspecified atom stereocenters. The summed E-state index contributed by atoms with van der Waals surface area (Å²) >= 11 is 0. The minimum atomic E-state index is 0.917. The van der Waals surface area contributed by atoms with E-state index in [1.165, 1.54) is 6.21 Å². The molecule has 0 amide bonds. The zero-order chi connectivity index (χ0) is 5.11. The predicted molar refractivity (Wildman–Crippen MR) is 28.7 cm³/mol. The van der Waals surface area contributed by atoms with Crippen molar-refractivity contribution in [1.29, 1.82) is 5.41 Å². The van der Waals surface area contributed by atoms with Crippen LogP contribution in [0.4, 0.5) is 0 Å². The fourth-order valence-corrected chi connectivity index (χ4v) is 0.427. The summed E-state index contributed by atoms with van der Waals surface area (Å²) in [7, 11) is 0. The summed E-state index contributed by atoms with van der Waals surface area (Å²) in [6, 6.07) is 1.84. The van der Waals surface area contributed by atoms with Crippen molar-refractivity contribution >= 4 is 6.21 Å². The summed E-state index contributed by atoms with van der Waals surface area (Å²) in [6.07, 6.45) is 4.86. The van der Waals surface area contributed by atoms with Gasteiger partial charge in [0.05, 0.1) is 0 Å². The molecule has 0 aliphatic carbocycles. The largest absolute Gasteiger partial charge is 0.367 e. The van der Waals surface area contributed by atoms with E-state index in [-0.39, 0.29) is 0 Å². The Balaban J connectivity index is 2.96. The first kappa shape index (κ1) is 4.12. The van der Waals surface area contributed by atoms with Gasteiger partial charge in [0.1, 0.15) is 0 Å². The highest BCUT2D eigenvalue weighted by atomic mass is 14.6. The highest BCUT2D eigenvalue weighted by Gasteiger charge is 1.78. The molecule has 1 aromatic rings. The van der Waals surface area contributed by atoms with Gasteiger partial charge in [-0.05, 0) is 6.07 Å². The van der Waals surface area contributed by atoms with Crippen molar-refractivity contribution in [2.75, 3.05) is 0 Å². The van der Waals surface area contributed by atoms with E-state index >= 15 is 0 Å². The van der Waals surface area contributed by atoms with Crippen molar-refractivity contribution in [1.82, 2.24) is 4.98 Å². The average Bonchev–Trinajstić information content (AvgIpc) is 2.14. The van der Waals surface area contributed by atoms with E-state index in [1.54, 1.807) is 12.4 Å². The number of hydrogen-bond acceptors (Lipinski definition) is 1. The topological polar surface area (TPSA) is 39.6 Å². The minimum Gasteiger partial charge on any atom is -0.367 e. The van der Waals surface area contributed by atoms with Crippen molar-refractivity contribution in [2.45, 2.75) is 0 Å². The number of rotatable bonds is 1. The molecule has 0 saturated heterocycles. The lowest BCUT2D eigenvalue weighted by Gasteiger charge is -1.69. The van der Waals surface area contributed by atoms with Gasteiger partial charge in [0.2, 0.25) is 0 Å². The van der Waals surface area contributed by atoms with Gasteiger partial charge in [-0.25, -0.2) is 0 Å². The molecule has 0 radical (unpaired) electrons. The van der Waals surface area contributed by atoms with Crippen LogP contribution in [0, 0.1) is 5.41 Å². The van der Waals surface area contributed by atoms with Gasteiger partial charge in [-0.3, -0.25) is 0 Å². The third-order valence-corrected chi connectivity index (χ3v) is 0.789. The first-order valence-corrected chi connectivity index (χ1v) is 2.07. The molecule has 2 nitrogen and oxygen atoms in total. The maximum atomic E-state index is 6.72. The van der Waals surface area contributed by atoms with Crippen LogP contribution in [0.5, 0.6) is 0 Å². The molecule has 36 valence electrons. The Hall–Kier alpha value is -1.05. The van der Waals surface area contributed by atoms with Crippen LogP contribution in [-0.4, -0.2) is 11.2 Å². The fourth-order valence-electron chi connectivity index (χ4n) is 0.427. The first-order valence-electron chi connectivity index (χ1n) is 2.07. The minimum absolute atomic E-state index is 0.917. The lowest BCUT2D eigenvalue weighted by atomic mass is 10.4. The Morgan fingerprint density at radius 1 is 1.71 bits per heavy atom. The second-order valence-electron chi connectivity index (χ2n) is 1.29. The van der Waals surface area contributed by atoms with Gasteiger partial charge in [-0.2, -0.15) is 0 Å². The molecular formula is C5H6N2. The number of hydrogen-bond donors (Lipinski definition) is 2. The summed E-state index contributed by atoms with van der Waals surface area (Å²) in [4.78, 5) is 2.83. The summed E-state index contributed by atoms with van der Waals surface area (Å²) in [5.41, 5.74) is 0.917. The molecule has 0 aromatic carbocycles. The molecule has 2 heteroatoms. The zero-order valence-corrected chi connectivity index (χ0v) is 3.81. The third-order valence-electron chi connectivity index (χ3n) is 0.789. The molecule has 0 aliphatic rings. The SMILES string of the molecule is N=Cc1cc[nH]c1. The van der Waals surface area contributed by atoms with E-state index < -0.39 is 0 Å². The number of nitrogens with one attached hydrogen (secondary N) is 2. The zero-order valence-electron chi connectivity index (χ0n) is 3.81. The third kappa shape index (κ3) is 0.682. The molecule has 0 spiro atoms. The van der Waals surface area contributed by atoms with Gasteiger partial charge < -0.3 is 10.4 Å². The molecule has 2 N–H and O–H groups in total. The van der Waals surface area contributed by atoms with E-state index in [1.807, 2.05) is 6.07 Å². The molecule has 7 heavy (non-hydrogen) atoms. The maximum absolute atomic E-state index is 6.72. The monoisotopic (exact) mass is 94.1 g/mol. The van der Waals surface area contributed by atoms with Gasteiger partial charge in [-0.1, -0.05) is 0 Å². The quantitative estimate of drug-likeness (QED) is 0.487. The Morgan fingerprint density at radius 3 is 2.86 bits per heavy atom. The van der Waals surface area contributed by atoms with Crippen LogP contribution in [0.15, 0.2) is 18.5 Å². The van der Waals surface area contributed by atoms with E-state index in [0.29, 0.717) is 0 Å². The standard InChI is InChI=1S/C5H6N2/c6-3-5-1-2-7-4-5/h1-4,6-7H. The summed E-state index contributed by atoms with van der Waals surface area (Å²) < 4.78 is 0. The van der Waals surface area contributed by atoms with Gasteiger partial charge in [-0.15, -0.1) is 0 Å². The second kappa shape index (κ2) is 1.60. The smallest absolute Gasteiger partial charge is 0.0265 e. The molecule has 0 fully saturated rings. The van der Waals surface area contributed by atoms with Crippen LogP contribution in [0.2, 0.25) is 0 Å². The van der Waals surface area contributed by atoms with Gasteiger partial charge in [0.15, 0.2) is 0 Å². The molecular weight excluding hydrogens is 88.1 g/mol. The van der Waals surface area contributed by atoms with Crippen molar-refractivity contribution in [3.63, 3.8) is 0 Å². The molecule has 1 heterocycles. The number of aromatic amines is 1. The highest BCUT2D eigenvalue weighted by Crippen LogP contribution is 1.87. The normalized spacial score (nSPS) is 8.57. The van der Waals surface area contributed by atoms with Crippen molar-refractivity contribution < 1.29 is 0 Å². The van der Waals surface area contributed by atoms with Crippen LogP contribution in [0.3, 0.4) is 0 Å². The van der Waals surface area contributed by atoms with E-state index in [2.05, 4.69) is 4.98 Å². The molecule has 0 atom stereocenters. The average molecular weight is 94.1 g/mol. The Bertz CT molecular complexity index is 141. The fraction of sp³-hybridized carbons (Fsp3) is 0. The number of aromatic nitrogens is 1. The van der Waals surface area contributed by atoms with E-state index in [0.717, 1.165) is 5.56 Å². The Labute approximate surface area is 41.7 Å². The van der Waals surface area contributed by atoms with Crippen molar-refractivity contribution in [3.8, 4) is 0 Å². The van der Waals surface area contributed by atoms with Crippen LogP contribution in [0.25, 0.3) is 0 Å². The van der Waals surface area contributed by atoms with Crippen LogP contribution in [0.1, 0.15) is 5.56 Å². The van der Waals surface area contributed by atoms with Crippen LogP contribution < -0.4 is 0 Å². The maximum Gasteiger partial charge on any atom is 0.0265 e. The summed E-state index contributed by atoms with van der Waals surface area (Å²) in [5, 5.41) is 6.72. The molecule has 1 rings (SSSR count). The van der Waals surface area contributed by atoms with Crippen molar-refractivity contribution in [3.05, 3.63) is 24.0 Å². The molecule has 1 aromatic heterocycles. The second-order valence-corrected chi connectivity index (χ2v) is 1.29. The van der Waals surface area contributed by atoms with Crippen LogP contribution >= 0.6 is 0 Å². The summed E-state index contributed by atoms with van der Waals surface area (Å²) in [5.74, 6) is 0. The lowest BCUT2D eigenvalue weighted by Crippen LogP contribution is -1.66. The molecule has 0 bridgehead atoms. The van der Waals surface area contributed by atoms with Gasteiger partial charge in [0, 0.05) is 24.2 Å². The van der Waals surface area contributed by atoms with Gasteiger partial charge >= 0.3 is 0 Å². The molecule has 0 aliphatic heterocycles. The molecule has 0 saturated carbocycles. The number of H-pyrrole nitrogens is 1. The highest BCUT2D eigenvalue weighted by molar-refractivity contribution is 5.76. The Morgan fingerprint density at radius 2 is 2.57 bits per heavy atom. The van der Waals surface area contributed by atoms with Crippen molar-refractivity contribution in [2.24, 2.45) is 0 Å². The van der Waals surface area contributed by atoms with E-state index in [4.69, 9.17) is 5.41 Å².